The SMILES string of the molecule is CN1CCN(c2cc(C(=O)/C=C/c3ccc(C(=O)O)c(O)c3)cc(C(C)(C)C)c2OCc2ccccc2)CC1. The number of rotatable bonds is 8. The van der Waals surface area contributed by atoms with E-state index in [-0.39, 0.29) is 22.5 Å². The molecule has 3 aromatic carbocycles. The lowest BCUT2D eigenvalue weighted by Gasteiger charge is -2.36. The van der Waals surface area contributed by atoms with Crippen LogP contribution in [0, 0.1) is 0 Å². The first-order chi connectivity index (χ1) is 18.5. The van der Waals surface area contributed by atoms with Gasteiger partial charge in [-0.15, -0.1) is 0 Å². The molecule has 1 aliphatic heterocycles. The Labute approximate surface area is 230 Å². The number of nitrogens with zero attached hydrogens (tertiary/aromatic N) is 2. The zero-order valence-electron chi connectivity index (χ0n) is 23.0. The molecule has 39 heavy (non-hydrogen) atoms. The highest BCUT2D eigenvalue weighted by molar-refractivity contribution is 6.08. The molecule has 204 valence electrons. The third-order valence-corrected chi connectivity index (χ3v) is 6.91. The Morgan fingerprint density at radius 1 is 0.974 bits per heavy atom. The summed E-state index contributed by atoms with van der Waals surface area (Å²) in [6.45, 7) is 10.2. The summed E-state index contributed by atoms with van der Waals surface area (Å²) >= 11 is 0. The van der Waals surface area contributed by atoms with E-state index in [9.17, 15) is 14.7 Å². The summed E-state index contributed by atoms with van der Waals surface area (Å²) in [5, 5.41) is 19.1. The van der Waals surface area contributed by atoms with Crippen LogP contribution in [0.1, 0.15) is 58.2 Å². The summed E-state index contributed by atoms with van der Waals surface area (Å²) in [6.07, 6.45) is 3.04. The fourth-order valence-electron chi connectivity index (χ4n) is 4.58. The molecule has 1 aliphatic rings. The van der Waals surface area contributed by atoms with E-state index in [1.54, 1.807) is 12.1 Å². The number of carboxylic acid groups (broad SMARTS) is 1. The van der Waals surface area contributed by atoms with Crippen LogP contribution in [0.3, 0.4) is 0 Å². The Bertz CT molecular complexity index is 1370. The van der Waals surface area contributed by atoms with Gasteiger partial charge >= 0.3 is 5.97 Å². The first-order valence-electron chi connectivity index (χ1n) is 13.1. The van der Waals surface area contributed by atoms with E-state index in [0.29, 0.717) is 17.7 Å². The van der Waals surface area contributed by atoms with Crippen molar-refractivity contribution < 1.29 is 24.5 Å². The van der Waals surface area contributed by atoms with E-state index in [2.05, 4.69) is 37.6 Å². The minimum atomic E-state index is -1.21. The summed E-state index contributed by atoms with van der Waals surface area (Å²) in [6, 6.07) is 18.1. The highest BCUT2D eigenvalue weighted by Gasteiger charge is 2.27. The minimum Gasteiger partial charge on any atom is -0.507 e. The van der Waals surface area contributed by atoms with E-state index in [4.69, 9.17) is 9.84 Å². The van der Waals surface area contributed by atoms with Gasteiger partial charge in [-0.05, 0) is 53.9 Å². The number of anilines is 1. The number of ketones is 1. The molecule has 0 amide bonds. The molecule has 1 fully saturated rings. The van der Waals surface area contributed by atoms with Gasteiger partial charge in [0, 0.05) is 37.3 Å². The van der Waals surface area contributed by atoms with Gasteiger partial charge < -0.3 is 24.7 Å². The van der Waals surface area contributed by atoms with Gasteiger partial charge in [0.2, 0.25) is 0 Å². The van der Waals surface area contributed by atoms with Gasteiger partial charge in [-0.3, -0.25) is 4.79 Å². The van der Waals surface area contributed by atoms with Crippen molar-refractivity contribution in [2.45, 2.75) is 32.8 Å². The maximum Gasteiger partial charge on any atom is 0.339 e. The smallest absolute Gasteiger partial charge is 0.339 e. The van der Waals surface area contributed by atoms with Crippen molar-refractivity contribution in [2.24, 2.45) is 0 Å². The van der Waals surface area contributed by atoms with E-state index < -0.39 is 5.97 Å². The summed E-state index contributed by atoms with van der Waals surface area (Å²) in [5.74, 6) is -0.942. The molecule has 0 aliphatic carbocycles. The van der Waals surface area contributed by atoms with Crippen molar-refractivity contribution in [1.82, 2.24) is 4.90 Å². The molecule has 0 atom stereocenters. The average Bonchev–Trinajstić information content (AvgIpc) is 2.90. The van der Waals surface area contributed by atoms with Gasteiger partial charge in [0.25, 0.3) is 0 Å². The topological polar surface area (TPSA) is 90.3 Å². The standard InChI is InChI=1S/C32H36N2O5/c1-32(2,3)26-19-24(28(35)13-11-22-10-12-25(31(37)38)29(36)18-22)20-27(34-16-14-33(4)15-17-34)30(26)39-21-23-8-6-5-7-9-23/h5-13,18-20,36H,14-17,21H2,1-4H3,(H,37,38)/b13-11+. The third-order valence-electron chi connectivity index (χ3n) is 6.91. The van der Waals surface area contributed by atoms with Gasteiger partial charge in [0.1, 0.15) is 23.7 Å². The number of allylic oxidation sites excluding steroid dienone is 1. The fourth-order valence-corrected chi connectivity index (χ4v) is 4.58. The van der Waals surface area contributed by atoms with Gasteiger partial charge in [-0.25, -0.2) is 4.79 Å². The predicted molar refractivity (Wildman–Crippen MR) is 154 cm³/mol. The van der Waals surface area contributed by atoms with Gasteiger partial charge in [-0.2, -0.15) is 0 Å². The number of aromatic carboxylic acids is 1. The van der Waals surface area contributed by atoms with E-state index in [1.807, 2.05) is 42.5 Å². The molecule has 7 heteroatoms. The highest BCUT2D eigenvalue weighted by Crippen LogP contribution is 2.41. The number of piperazine rings is 1. The molecule has 1 heterocycles. The van der Waals surface area contributed by atoms with E-state index >= 15 is 0 Å². The van der Waals surface area contributed by atoms with Crippen LogP contribution in [0.25, 0.3) is 6.08 Å². The molecule has 0 aromatic heterocycles. The zero-order valence-corrected chi connectivity index (χ0v) is 23.0. The Morgan fingerprint density at radius 2 is 1.67 bits per heavy atom. The Hall–Kier alpha value is -4.10. The summed E-state index contributed by atoms with van der Waals surface area (Å²) < 4.78 is 6.51. The number of hydrogen-bond acceptors (Lipinski definition) is 6. The number of phenols is 1. The number of hydrogen-bond donors (Lipinski definition) is 2. The van der Waals surface area contributed by atoms with E-state index in [0.717, 1.165) is 48.7 Å². The summed E-state index contributed by atoms with van der Waals surface area (Å²) in [4.78, 5) is 29.2. The fraction of sp³-hybridized carbons (Fsp3) is 0.312. The van der Waals surface area contributed by atoms with Gasteiger partial charge in [0.05, 0.1) is 5.69 Å². The van der Waals surface area contributed by atoms with Crippen molar-refractivity contribution in [2.75, 3.05) is 38.1 Å². The molecule has 4 rings (SSSR count). The molecular weight excluding hydrogens is 492 g/mol. The lowest BCUT2D eigenvalue weighted by atomic mass is 9.84. The molecule has 3 aromatic rings. The summed E-state index contributed by atoms with van der Waals surface area (Å²) in [5.41, 5.74) is 3.54. The third kappa shape index (κ3) is 6.86. The van der Waals surface area contributed by atoms with Gasteiger partial charge in [-0.1, -0.05) is 63.2 Å². The van der Waals surface area contributed by atoms with Crippen LogP contribution in [-0.2, 0) is 12.0 Å². The summed E-state index contributed by atoms with van der Waals surface area (Å²) in [7, 11) is 2.11. The van der Waals surface area contributed by atoms with Crippen LogP contribution in [0.15, 0.2) is 66.7 Å². The number of carbonyl (C=O) groups excluding carboxylic acids is 1. The number of likely N-dealkylation sites (N-methyl/N-ethyl adjacent to an activating group) is 1. The van der Waals surface area contributed by atoms with Crippen molar-refractivity contribution in [3.05, 3.63) is 94.6 Å². The maximum atomic E-state index is 13.4. The van der Waals surface area contributed by atoms with Crippen molar-refractivity contribution in [3.63, 3.8) is 0 Å². The van der Waals surface area contributed by atoms with Crippen LogP contribution in [0.5, 0.6) is 11.5 Å². The highest BCUT2D eigenvalue weighted by atomic mass is 16.5. The second-order valence-electron chi connectivity index (χ2n) is 11.0. The number of benzene rings is 3. The molecule has 1 saturated heterocycles. The second kappa shape index (κ2) is 11.7. The molecule has 0 spiro atoms. The van der Waals surface area contributed by atoms with Crippen molar-refractivity contribution >= 4 is 23.5 Å². The number of ether oxygens (including phenoxy) is 1. The Kier molecular flexibility index (Phi) is 8.41. The number of carboxylic acids is 1. The number of aromatic hydroxyl groups is 1. The molecule has 2 N–H and O–H groups in total. The van der Waals surface area contributed by atoms with Crippen LogP contribution < -0.4 is 9.64 Å². The molecular formula is C32H36N2O5. The molecule has 7 nitrogen and oxygen atoms in total. The maximum absolute atomic E-state index is 13.4. The normalized spacial score (nSPS) is 14.5. The second-order valence-corrected chi connectivity index (χ2v) is 11.0. The van der Waals surface area contributed by atoms with Crippen LogP contribution in [0.4, 0.5) is 5.69 Å². The first-order valence-corrected chi connectivity index (χ1v) is 13.1. The van der Waals surface area contributed by atoms with Crippen molar-refractivity contribution in [3.8, 4) is 11.5 Å². The van der Waals surface area contributed by atoms with Gasteiger partial charge in [0.15, 0.2) is 5.78 Å². The van der Waals surface area contributed by atoms with Crippen LogP contribution >= 0.6 is 0 Å². The Morgan fingerprint density at radius 3 is 2.28 bits per heavy atom. The van der Waals surface area contributed by atoms with E-state index in [1.165, 1.54) is 18.2 Å². The molecule has 0 unspecified atom stereocenters. The van der Waals surface area contributed by atoms with Crippen molar-refractivity contribution in [1.29, 1.82) is 0 Å². The minimum absolute atomic E-state index is 0.184. The lowest BCUT2D eigenvalue weighted by molar-refractivity contribution is 0.0693. The largest absolute Gasteiger partial charge is 0.507 e. The zero-order chi connectivity index (χ0) is 28.2. The van der Waals surface area contributed by atoms with Crippen LogP contribution in [0.2, 0.25) is 0 Å². The monoisotopic (exact) mass is 528 g/mol. The van der Waals surface area contributed by atoms with Crippen LogP contribution in [-0.4, -0.2) is 60.1 Å². The molecule has 0 bridgehead atoms. The quantitative estimate of drug-likeness (QED) is 0.290. The Balaban J connectivity index is 1.72. The molecule has 0 saturated carbocycles. The molecule has 0 radical (unpaired) electrons. The average molecular weight is 529 g/mol. The number of carbonyl (C=O) groups is 2. The lowest BCUT2D eigenvalue weighted by Crippen LogP contribution is -2.44. The first kappa shape index (κ1) is 27.9. The predicted octanol–water partition coefficient (Wildman–Crippen LogP) is 5.61.